The molecule has 1 saturated carbocycles. The summed E-state index contributed by atoms with van der Waals surface area (Å²) < 4.78 is 11.9. The van der Waals surface area contributed by atoms with Crippen LogP contribution in [0.4, 0.5) is 0 Å². The van der Waals surface area contributed by atoms with E-state index >= 15 is 0 Å². The van der Waals surface area contributed by atoms with Gasteiger partial charge in [-0.15, -0.1) is 0 Å². The highest BCUT2D eigenvalue weighted by Gasteiger charge is 2.61. The van der Waals surface area contributed by atoms with Crippen LogP contribution < -0.4 is 0 Å². The largest absolute Gasteiger partial charge is 0.462 e. The maximum absolute atomic E-state index is 12.3. The first-order chi connectivity index (χ1) is 16.8. The second kappa shape index (κ2) is 9.80. The van der Waals surface area contributed by atoms with Crippen molar-refractivity contribution in [2.45, 2.75) is 118 Å². The van der Waals surface area contributed by atoms with Crippen molar-refractivity contribution in [3.05, 3.63) is 34.9 Å². The number of rotatable bonds is 6. The molecule has 1 fully saturated rings. The molecule has 4 rings (SSSR count). The topological polar surface area (TPSA) is 52.6 Å². The second-order valence-corrected chi connectivity index (χ2v) is 13.1. The zero-order valence-electron chi connectivity index (χ0n) is 23.9. The zero-order chi connectivity index (χ0) is 26.5. The highest BCUT2D eigenvalue weighted by molar-refractivity contribution is 5.68. The highest BCUT2D eigenvalue weighted by Crippen LogP contribution is 2.66. The van der Waals surface area contributed by atoms with Crippen LogP contribution in [0.5, 0.6) is 0 Å². The van der Waals surface area contributed by atoms with Crippen LogP contribution in [-0.4, -0.2) is 23.6 Å². The van der Waals surface area contributed by atoms with Crippen molar-refractivity contribution in [2.75, 3.05) is 0 Å². The molecular weight excluding hydrogens is 448 g/mol. The molecule has 0 amide bonds. The van der Waals surface area contributed by atoms with Gasteiger partial charge in [0.05, 0.1) is 0 Å². The first kappa shape index (κ1) is 27.2. The number of allylic oxidation sites excluding steroid dienone is 5. The molecule has 0 heterocycles. The molecule has 0 aromatic carbocycles. The smallest absolute Gasteiger partial charge is 0.303 e. The van der Waals surface area contributed by atoms with Gasteiger partial charge in [-0.2, -0.15) is 0 Å². The lowest BCUT2D eigenvalue weighted by molar-refractivity contribution is -0.194. The van der Waals surface area contributed by atoms with E-state index in [1.807, 2.05) is 0 Å². The first-order valence-corrected chi connectivity index (χ1v) is 14.3. The van der Waals surface area contributed by atoms with Gasteiger partial charge in [0.15, 0.2) is 0 Å². The van der Waals surface area contributed by atoms with Crippen LogP contribution >= 0.6 is 0 Å². The van der Waals surface area contributed by atoms with Gasteiger partial charge in [0.25, 0.3) is 0 Å². The minimum Gasteiger partial charge on any atom is -0.462 e. The molecule has 0 aromatic heterocycles. The fourth-order valence-corrected chi connectivity index (χ4v) is 8.14. The molecule has 0 unspecified atom stereocenters. The number of hydrogen-bond donors (Lipinski definition) is 0. The quantitative estimate of drug-likeness (QED) is 0.279. The Morgan fingerprint density at radius 2 is 1.72 bits per heavy atom. The lowest BCUT2D eigenvalue weighted by atomic mass is 9.49. The Bertz CT molecular complexity index is 986. The normalized spacial score (nSPS) is 37.6. The minimum absolute atomic E-state index is 0.179. The Hall–Kier alpha value is -1.84. The van der Waals surface area contributed by atoms with E-state index in [-0.39, 0.29) is 28.9 Å². The van der Waals surface area contributed by atoms with E-state index in [4.69, 9.17) is 9.47 Å². The molecule has 7 atom stereocenters. The maximum Gasteiger partial charge on any atom is 0.303 e. The number of ether oxygens (including phenoxy) is 2. The fourth-order valence-electron chi connectivity index (χ4n) is 8.14. The van der Waals surface area contributed by atoms with Crippen molar-refractivity contribution in [3.63, 3.8) is 0 Å². The van der Waals surface area contributed by atoms with Crippen molar-refractivity contribution >= 4 is 11.9 Å². The van der Waals surface area contributed by atoms with Crippen LogP contribution in [0.15, 0.2) is 34.9 Å². The molecule has 36 heavy (non-hydrogen) atoms. The lowest BCUT2D eigenvalue weighted by Gasteiger charge is -2.59. The van der Waals surface area contributed by atoms with E-state index < -0.39 is 5.60 Å². The van der Waals surface area contributed by atoms with Crippen LogP contribution in [0.2, 0.25) is 0 Å². The molecule has 0 saturated heterocycles. The Balaban J connectivity index is 1.64. The van der Waals surface area contributed by atoms with E-state index in [9.17, 15) is 9.59 Å². The predicted molar refractivity (Wildman–Crippen MR) is 144 cm³/mol. The average Bonchev–Trinajstić information content (AvgIpc) is 3.14. The number of hydrogen-bond acceptors (Lipinski definition) is 4. The van der Waals surface area contributed by atoms with E-state index in [0.29, 0.717) is 30.1 Å². The van der Waals surface area contributed by atoms with Crippen molar-refractivity contribution in [2.24, 2.45) is 34.5 Å². The average molecular weight is 497 g/mol. The van der Waals surface area contributed by atoms with Crippen LogP contribution in [0.1, 0.15) is 107 Å². The van der Waals surface area contributed by atoms with Gasteiger partial charge in [0.1, 0.15) is 11.7 Å². The van der Waals surface area contributed by atoms with E-state index in [2.05, 4.69) is 59.8 Å². The van der Waals surface area contributed by atoms with Crippen molar-refractivity contribution in [1.29, 1.82) is 0 Å². The fraction of sp³-hybridized carbons (Fsp3) is 0.750. The molecule has 0 radical (unpaired) electrons. The first-order valence-electron chi connectivity index (χ1n) is 14.3. The number of esters is 2. The summed E-state index contributed by atoms with van der Waals surface area (Å²) in [6.45, 7) is 17.1. The third kappa shape index (κ3) is 4.52. The highest BCUT2D eigenvalue weighted by atomic mass is 16.6. The Morgan fingerprint density at radius 1 is 1.00 bits per heavy atom. The van der Waals surface area contributed by atoms with Crippen LogP contribution in [0.25, 0.3) is 0 Å². The van der Waals surface area contributed by atoms with Crippen molar-refractivity contribution < 1.29 is 19.1 Å². The molecule has 0 bridgehead atoms. The van der Waals surface area contributed by atoms with Gasteiger partial charge in [-0.05, 0) is 85.2 Å². The van der Waals surface area contributed by atoms with Gasteiger partial charge in [-0.3, -0.25) is 9.59 Å². The predicted octanol–water partition coefficient (Wildman–Crippen LogP) is 7.73. The Morgan fingerprint density at radius 3 is 2.36 bits per heavy atom. The van der Waals surface area contributed by atoms with Gasteiger partial charge < -0.3 is 9.47 Å². The summed E-state index contributed by atoms with van der Waals surface area (Å²) in [6.07, 6.45) is 14.7. The maximum atomic E-state index is 12.3. The molecule has 0 N–H and O–H groups in total. The van der Waals surface area contributed by atoms with Crippen molar-refractivity contribution in [3.8, 4) is 0 Å². The summed E-state index contributed by atoms with van der Waals surface area (Å²) >= 11 is 0. The number of carbonyl (C=O) groups excluding carboxylic acids is 2. The van der Waals surface area contributed by atoms with Gasteiger partial charge in [-0.1, -0.05) is 65.3 Å². The van der Waals surface area contributed by atoms with E-state index in [1.165, 1.54) is 19.4 Å². The monoisotopic (exact) mass is 496 g/mol. The van der Waals surface area contributed by atoms with Gasteiger partial charge >= 0.3 is 11.9 Å². The molecule has 0 spiro atoms. The second-order valence-electron chi connectivity index (χ2n) is 13.1. The summed E-state index contributed by atoms with van der Waals surface area (Å²) in [5, 5.41) is 0. The van der Waals surface area contributed by atoms with E-state index in [0.717, 1.165) is 44.9 Å². The Labute approximate surface area is 219 Å². The van der Waals surface area contributed by atoms with Gasteiger partial charge in [-0.25, -0.2) is 0 Å². The Kier molecular flexibility index (Phi) is 7.40. The molecule has 0 aliphatic heterocycles. The summed E-state index contributed by atoms with van der Waals surface area (Å²) in [5.41, 5.74) is 4.04. The molecule has 4 nitrogen and oxygen atoms in total. The molecule has 4 aliphatic carbocycles. The summed E-state index contributed by atoms with van der Waals surface area (Å²) in [5.74, 6) is 1.96. The van der Waals surface area contributed by atoms with E-state index in [1.54, 1.807) is 11.1 Å². The molecule has 0 aromatic rings. The minimum atomic E-state index is -0.592. The van der Waals surface area contributed by atoms with Gasteiger partial charge in [0.2, 0.25) is 0 Å². The third-order valence-corrected chi connectivity index (χ3v) is 10.6. The molecule has 4 heteroatoms. The molecule has 200 valence electrons. The van der Waals surface area contributed by atoms with Crippen LogP contribution in [0.3, 0.4) is 0 Å². The van der Waals surface area contributed by atoms with Crippen LogP contribution in [0, 0.1) is 34.5 Å². The SMILES string of the molecule is CC(=O)O[C@@H]1CC[C@]2(C)C3=C(CC[C@@]2(OC(C)=O)C1)C1=CC[C@@H]([C@H](C)/C=C/[C@H](C)C(C)C)[C@@]1(C)CC3. The summed E-state index contributed by atoms with van der Waals surface area (Å²) in [4.78, 5) is 24.0. The number of carbonyl (C=O) groups is 2. The standard InChI is InChI=1S/C32H48O4/c1-20(2)21(3)9-10-22(4)27-11-12-28-26-14-18-32(36-24(6)34)19-25(35-23(5)33)13-17-31(32,8)29(26)15-16-30(27,28)7/h9-10,12,20-22,25,27H,11,13-19H2,1-8H3/b10-9+/t21-,22+,25+,27-,30+,31+,32+/m0/s1. The molecular formula is C32H48O4. The number of fused-ring (bicyclic) bond motifs is 4. The molecule has 4 aliphatic rings. The van der Waals surface area contributed by atoms with Crippen molar-refractivity contribution in [1.82, 2.24) is 0 Å². The van der Waals surface area contributed by atoms with Crippen LogP contribution in [-0.2, 0) is 19.1 Å². The third-order valence-electron chi connectivity index (χ3n) is 10.6. The zero-order valence-corrected chi connectivity index (χ0v) is 23.9. The van der Waals surface area contributed by atoms with Gasteiger partial charge in [0, 0.05) is 25.7 Å². The summed E-state index contributed by atoms with van der Waals surface area (Å²) in [7, 11) is 0. The lowest BCUT2D eigenvalue weighted by Crippen LogP contribution is -2.59. The summed E-state index contributed by atoms with van der Waals surface area (Å²) in [6, 6.07) is 0.